The van der Waals surface area contributed by atoms with Crippen molar-refractivity contribution in [2.24, 2.45) is 0 Å². The standard InChI is InChI=1S/C13H15N5/c1-9-4-2-3-5-11(9)16-12-8-14-18-13(17-12)15-10-6-7-10/h2-5,8,10H,6-7H2,1H3,(H2,15,16,17,18). The third-order valence-electron chi connectivity index (χ3n) is 2.88. The first-order valence-corrected chi connectivity index (χ1v) is 6.10. The molecule has 0 amide bonds. The van der Waals surface area contributed by atoms with Crippen LogP contribution < -0.4 is 10.6 Å². The molecule has 1 aliphatic carbocycles. The molecule has 2 aromatic rings. The summed E-state index contributed by atoms with van der Waals surface area (Å²) in [5.41, 5.74) is 2.21. The molecule has 0 radical (unpaired) electrons. The molecule has 1 fully saturated rings. The maximum absolute atomic E-state index is 4.39. The highest BCUT2D eigenvalue weighted by Gasteiger charge is 2.22. The highest BCUT2D eigenvalue weighted by atomic mass is 15.3. The van der Waals surface area contributed by atoms with E-state index in [9.17, 15) is 0 Å². The van der Waals surface area contributed by atoms with Gasteiger partial charge in [0.05, 0.1) is 6.20 Å². The molecular formula is C13H15N5. The smallest absolute Gasteiger partial charge is 0.244 e. The van der Waals surface area contributed by atoms with Crippen molar-refractivity contribution >= 4 is 17.5 Å². The van der Waals surface area contributed by atoms with Crippen LogP contribution in [-0.2, 0) is 0 Å². The first-order valence-electron chi connectivity index (χ1n) is 6.10. The number of aryl methyl sites for hydroxylation is 1. The summed E-state index contributed by atoms with van der Waals surface area (Å²) in [6.45, 7) is 2.06. The molecule has 3 rings (SSSR count). The molecule has 0 saturated heterocycles. The van der Waals surface area contributed by atoms with Gasteiger partial charge in [-0.1, -0.05) is 18.2 Å². The van der Waals surface area contributed by atoms with E-state index in [-0.39, 0.29) is 0 Å². The topological polar surface area (TPSA) is 62.7 Å². The molecule has 0 aliphatic heterocycles. The lowest BCUT2D eigenvalue weighted by Gasteiger charge is -2.09. The summed E-state index contributed by atoms with van der Waals surface area (Å²) < 4.78 is 0. The minimum atomic E-state index is 0.528. The van der Waals surface area contributed by atoms with Crippen LogP contribution in [-0.4, -0.2) is 21.2 Å². The average Bonchev–Trinajstić information content (AvgIpc) is 3.17. The van der Waals surface area contributed by atoms with E-state index < -0.39 is 0 Å². The van der Waals surface area contributed by atoms with E-state index >= 15 is 0 Å². The summed E-state index contributed by atoms with van der Waals surface area (Å²) >= 11 is 0. The monoisotopic (exact) mass is 241 g/mol. The number of aromatic nitrogens is 3. The summed E-state index contributed by atoms with van der Waals surface area (Å²) in [6, 6.07) is 8.61. The lowest BCUT2D eigenvalue weighted by Crippen LogP contribution is -2.07. The second-order valence-electron chi connectivity index (χ2n) is 4.52. The molecule has 0 atom stereocenters. The number of benzene rings is 1. The quantitative estimate of drug-likeness (QED) is 0.861. The van der Waals surface area contributed by atoms with Gasteiger partial charge in [-0.3, -0.25) is 0 Å². The van der Waals surface area contributed by atoms with Gasteiger partial charge in [0.1, 0.15) is 0 Å². The fourth-order valence-corrected chi connectivity index (χ4v) is 1.69. The zero-order valence-electron chi connectivity index (χ0n) is 10.2. The first-order chi connectivity index (χ1) is 8.81. The average molecular weight is 241 g/mol. The zero-order valence-corrected chi connectivity index (χ0v) is 10.2. The van der Waals surface area contributed by atoms with Gasteiger partial charge in [0, 0.05) is 11.7 Å². The Hall–Kier alpha value is -2.17. The molecule has 0 unspecified atom stereocenters. The summed E-state index contributed by atoms with van der Waals surface area (Å²) in [7, 11) is 0. The van der Waals surface area contributed by atoms with Gasteiger partial charge in [-0.05, 0) is 31.4 Å². The Balaban J connectivity index is 1.77. The SMILES string of the molecule is Cc1ccccc1Nc1cnnc(NC2CC2)n1. The van der Waals surface area contributed by atoms with E-state index in [1.165, 1.54) is 18.4 Å². The second kappa shape index (κ2) is 4.60. The van der Waals surface area contributed by atoms with Gasteiger partial charge in [-0.2, -0.15) is 10.1 Å². The maximum atomic E-state index is 4.39. The van der Waals surface area contributed by atoms with Crippen molar-refractivity contribution in [3.63, 3.8) is 0 Å². The van der Waals surface area contributed by atoms with Crippen LogP contribution in [0.4, 0.5) is 17.5 Å². The van der Waals surface area contributed by atoms with Gasteiger partial charge < -0.3 is 10.6 Å². The van der Waals surface area contributed by atoms with E-state index in [0.717, 1.165) is 5.69 Å². The number of rotatable bonds is 4. The van der Waals surface area contributed by atoms with Crippen molar-refractivity contribution in [2.75, 3.05) is 10.6 Å². The molecule has 0 spiro atoms. The van der Waals surface area contributed by atoms with Crippen molar-refractivity contribution in [3.05, 3.63) is 36.0 Å². The van der Waals surface area contributed by atoms with Gasteiger partial charge in [-0.15, -0.1) is 5.10 Å². The van der Waals surface area contributed by atoms with E-state index in [1.54, 1.807) is 6.20 Å². The molecule has 1 aromatic heterocycles. The Bertz CT molecular complexity index is 551. The van der Waals surface area contributed by atoms with Crippen molar-refractivity contribution in [1.29, 1.82) is 0 Å². The van der Waals surface area contributed by atoms with Crippen LogP contribution in [0.3, 0.4) is 0 Å². The predicted molar refractivity (Wildman–Crippen MR) is 70.9 cm³/mol. The molecular weight excluding hydrogens is 226 g/mol. The van der Waals surface area contributed by atoms with Crippen LogP contribution in [0.5, 0.6) is 0 Å². The largest absolute Gasteiger partial charge is 0.350 e. The minimum absolute atomic E-state index is 0.528. The summed E-state index contributed by atoms with van der Waals surface area (Å²) in [6.07, 6.45) is 4.02. The van der Waals surface area contributed by atoms with Crippen molar-refractivity contribution in [1.82, 2.24) is 15.2 Å². The van der Waals surface area contributed by atoms with E-state index in [1.807, 2.05) is 18.2 Å². The van der Waals surface area contributed by atoms with Crippen LogP contribution >= 0.6 is 0 Å². The predicted octanol–water partition coefficient (Wildman–Crippen LogP) is 2.50. The van der Waals surface area contributed by atoms with Crippen LogP contribution in [0.1, 0.15) is 18.4 Å². The zero-order chi connectivity index (χ0) is 12.4. The van der Waals surface area contributed by atoms with E-state index in [2.05, 4.69) is 38.8 Å². The van der Waals surface area contributed by atoms with E-state index in [4.69, 9.17) is 0 Å². The number of hydrogen-bond donors (Lipinski definition) is 2. The Morgan fingerprint density at radius 3 is 2.83 bits per heavy atom. The minimum Gasteiger partial charge on any atom is -0.350 e. The number of anilines is 3. The number of hydrogen-bond acceptors (Lipinski definition) is 5. The lowest BCUT2D eigenvalue weighted by molar-refractivity contribution is 0.947. The third-order valence-corrected chi connectivity index (χ3v) is 2.88. The van der Waals surface area contributed by atoms with E-state index in [0.29, 0.717) is 17.8 Å². The highest BCUT2D eigenvalue weighted by Crippen LogP contribution is 2.23. The summed E-state index contributed by atoms with van der Waals surface area (Å²) in [5.74, 6) is 1.30. The molecule has 1 saturated carbocycles. The van der Waals surface area contributed by atoms with Crippen LogP contribution in [0.2, 0.25) is 0 Å². The van der Waals surface area contributed by atoms with Gasteiger partial charge in [0.25, 0.3) is 0 Å². The third kappa shape index (κ3) is 2.56. The van der Waals surface area contributed by atoms with Gasteiger partial charge in [0.2, 0.25) is 5.95 Å². The molecule has 92 valence electrons. The Morgan fingerprint density at radius 1 is 1.22 bits per heavy atom. The Kier molecular flexibility index (Phi) is 2.80. The lowest BCUT2D eigenvalue weighted by atomic mass is 10.2. The fourth-order valence-electron chi connectivity index (χ4n) is 1.69. The second-order valence-corrected chi connectivity index (χ2v) is 4.52. The summed E-state index contributed by atoms with van der Waals surface area (Å²) in [4.78, 5) is 4.39. The number of para-hydroxylation sites is 1. The molecule has 1 heterocycles. The number of nitrogens with one attached hydrogen (secondary N) is 2. The molecule has 1 aliphatic rings. The van der Waals surface area contributed by atoms with Gasteiger partial charge in [-0.25, -0.2) is 0 Å². The maximum Gasteiger partial charge on any atom is 0.244 e. The molecule has 1 aromatic carbocycles. The van der Waals surface area contributed by atoms with Crippen LogP contribution in [0, 0.1) is 6.92 Å². The van der Waals surface area contributed by atoms with Crippen molar-refractivity contribution < 1.29 is 0 Å². The summed E-state index contributed by atoms with van der Waals surface area (Å²) in [5, 5.41) is 14.4. The van der Waals surface area contributed by atoms with Crippen molar-refractivity contribution in [2.45, 2.75) is 25.8 Å². The molecule has 0 bridgehead atoms. The molecule has 18 heavy (non-hydrogen) atoms. The normalized spacial score (nSPS) is 14.3. The Morgan fingerprint density at radius 2 is 2.06 bits per heavy atom. The van der Waals surface area contributed by atoms with Crippen molar-refractivity contribution in [3.8, 4) is 0 Å². The molecule has 5 heteroatoms. The van der Waals surface area contributed by atoms with Gasteiger partial charge >= 0.3 is 0 Å². The highest BCUT2D eigenvalue weighted by molar-refractivity contribution is 5.60. The first kappa shape index (κ1) is 11.0. The number of nitrogens with zero attached hydrogens (tertiary/aromatic N) is 3. The van der Waals surface area contributed by atoms with Gasteiger partial charge in [0.15, 0.2) is 5.82 Å². The molecule has 5 nitrogen and oxygen atoms in total. The molecule has 2 N–H and O–H groups in total. The van der Waals surface area contributed by atoms with Crippen LogP contribution in [0.15, 0.2) is 30.5 Å². The van der Waals surface area contributed by atoms with Crippen LogP contribution in [0.25, 0.3) is 0 Å². The fraction of sp³-hybridized carbons (Fsp3) is 0.308. The Labute approximate surface area is 106 Å².